The lowest BCUT2D eigenvalue weighted by Crippen LogP contribution is -2.36. The van der Waals surface area contributed by atoms with E-state index in [1.807, 2.05) is 25.2 Å². The van der Waals surface area contributed by atoms with Crippen LogP contribution in [0.3, 0.4) is 0 Å². The maximum atomic E-state index is 13.6. The Bertz CT molecular complexity index is 1470. The summed E-state index contributed by atoms with van der Waals surface area (Å²) in [5, 5.41) is 5.79. The van der Waals surface area contributed by atoms with Gasteiger partial charge < -0.3 is 9.64 Å². The molecule has 11 heteroatoms. The standard InChI is InChI=1S/C28H30F3N5O2S/c1-17-5-7-19(23(9-17)28(29,30)31)14-36-24-8-6-18(10-20(24)13-32-36)11-25-26(37)33-27(39-25)35(3)21-12-22(16-38-4)34(2)15-21/h5-11,13,21-22H,12,14-16H2,1-4H3/b25-11-/t21?,22-/m0/s1. The van der Waals surface area contributed by atoms with Crippen molar-refractivity contribution in [1.29, 1.82) is 0 Å². The Kier molecular flexibility index (Phi) is 7.58. The summed E-state index contributed by atoms with van der Waals surface area (Å²) < 4.78 is 47.7. The third-order valence-electron chi connectivity index (χ3n) is 7.34. The molecule has 0 bridgehead atoms. The minimum Gasteiger partial charge on any atom is -0.383 e. The first-order chi connectivity index (χ1) is 18.5. The van der Waals surface area contributed by atoms with Crippen molar-refractivity contribution in [2.45, 2.75) is 38.1 Å². The van der Waals surface area contributed by atoms with Gasteiger partial charge in [0, 0.05) is 38.2 Å². The van der Waals surface area contributed by atoms with Crippen LogP contribution in [0.4, 0.5) is 13.2 Å². The highest BCUT2D eigenvalue weighted by Gasteiger charge is 2.36. The molecule has 1 fully saturated rings. The quantitative estimate of drug-likeness (QED) is 0.396. The number of thioether (sulfide) groups is 1. The molecule has 2 aliphatic rings. The second kappa shape index (κ2) is 10.8. The Labute approximate surface area is 229 Å². The normalized spacial score (nSPS) is 21.4. The van der Waals surface area contributed by atoms with Gasteiger partial charge in [-0.15, -0.1) is 0 Å². The van der Waals surface area contributed by atoms with Gasteiger partial charge in [0.1, 0.15) is 0 Å². The highest BCUT2D eigenvalue weighted by molar-refractivity contribution is 8.18. The molecule has 3 aromatic rings. The van der Waals surface area contributed by atoms with Crippen molar-refractivity contribution in [3.05, 3.63) is 69.8 Å². The smallest absolute Gasteiger partial charge is 0.383 e. The number of hydrogen-bond donors (Lipinski definition) is 0. The van der Waals surface area contributed by atoms with E-state index in [0.29, 0.717) is 33.8 Å². The highest BCUT2D eigenvalue weighted by Crippen LogP contribution is 2.35. The lowest BCUT2D eigenvalue weighted by molar-refractivity contribution is -0.138. The van der Waals surface area contributed by atoms with E-state index in [9.17, 15) is 18.0 Å². The number of likely N-dealkylation sites (tertiary alicyclic amines) is 1. The van der Waals surface area contributed by atoms with Gasteiger partial charge in [0.2, 0.25) is 0 Å². The van der Waals surface area contributed by atoms with Gasteiger partial charge in [0.25, 0.3) is 5.91 Å². The van der Waals surface area contributed by atoms with Crippen LogP contribution >= 0.6 is 11.8 Å². The molecular weight excluding hydrogens is 527 g/mol. The van der Waals surface area contributed by atoms with Crippen molar-refractivity contribution in [1.82, 2.24) is 19.6 Å². The van der Waals surface area contributed by atoms with Gasteiger partial charge in [-0.2, -0.15) is 23.3 Å². The van der Waals surface area contributed by atoms with Gasteiger partial charge in [-0.25, -0.2) is 0 Å². The van der Waals surface area contributed by atoms with Crippen LogP contribution < -0.4 is 0 Å². The van der Waals surface area contributed by atoms with E-state index in [4.69, 9.17) is 4.74 Å². The number of alkyl halides is 3. The number of amides is 1. The Morgan fingerprint density at radius 2 is 2.03 bits per heavy atom. The molecule has 1 amide bonds. The lowest BCUT2D eigenvalue weighted by Gasteiger charge is -2.25. The largest absolute Gasteiger partial charge is 0.416 e. The van der Waals surface area contributed by atoms with Gasteiger partial charge in [-0.1, -0.05) is 23.8 Å². The average molecular weight is 558 g/mol. The summed E-state index contributed by atoms with van der Waals surface area (Å²) in [7, 11) is 5.74. The second-order valence-electron chi connectivity index (χ2n) is 10.1. The number of hydrogen-bond acceptors (Lipinski definition) is 6. The summed E-state index contributed by atoms with van der Waals surface area (Å²) in [4.78, 5) is 21.9. The second-order valence-corrected chi connectivity index (χ2v) is 11.1. The van der Waals surface area contributed by atoms with E-state index in [-0.39, 0.29) is 24.1 Å². The first-order valence-corrected chi connectivity index (χ1v) is 13.4. The molecule has 3 heterocycles. The fourth-order valence-electron chi connectivity index (χ4n) is 5.15. The van der Waals surface area contributed by atoms with Crippen LogP contribution in [0.15, 0.2) is 52.5 Å². The molecule has 7 nitrogen and oxygen atoms in total. The Morgan fingerprint density at radius 3 is 2.77 bits per heavy atom. The van der Waals surface area contributed by atoms with E-state index in [2.05, 4.69) is 26.9 Å². The number of halogens is 3. The number of likely N-dealkylation sites (N-methyl/N-ethyl adjacent to an activating group) is 2. The van der Waals surface area contributed by atoms with E-state index in [1.165, 1.54) is 17.8 Å². The predicted octanol–water partition coefficient (Wildman–Crippen LogP) is 5.03. The van der Waals surface area contributed by atoms with E-state index in [1.54, 1.807) is 37.1 Å². The molecule has 0 aliphatic carbocycles. The average Bonchev–Trinajstić information content (AvgIpc) is 3.57. The van der Waals surface area contributed by atoms with Crippen LogP contribution in [0.5, 0.6) is 0 Å². The number of aliphatic imine (C=N–C) groups is 1. The number of aryl methyl sites for hydroxylation is 1. The molecule has 2 aromatic carbocycles. The van der Waals surface area contributed by atoms with E-state index >= 15 is 0 Å². The number of carbonyl (C=O) groups is 1. The molecule has 2 atom stereocenters. The Morgan fingerprint density at radius 1 is 1.23 bits per heavy atom. The summed E-state index contributed by atoms with van der Waals surface area (Å²) >= 11 is 1.35. The number of fused-ring (bicyclic) bond motifs is 1. The molecule has 1 aromatic heterocycles. The first-order valence-electron chi connectivity index (χ1n) is 12.6. The molecule has 39 heavy (non-hydrogen) atoms. The number of amidine groups is 1. The summed E-state index contributed by atoms with van der Waals surface area (Å²) in [5.74, 6) is -0.281. The maximum absolute atomic E-state index is 13.6. The van der Waals surface area contributed by atoms with Crippen LogP contribution in [-0.2, 0) is 22.3 Å². The minimum atomic E-state index is -4.44. The number of methoxy groups -OCH3 is 1. The molecule has 5 rings (SSSR count). The number of rotatable bonds is 6. The predicted molar refractivity (Wildman–Crippen MR) is 147 cm³/mol. The molecule has 2 aliphatic heterocycles. The molecule has 0 spiro atoms. The molecule has 1 unspecified atom stereocenters. The van der Waals surface area contributed by atoms with Crippen LogP contribution in [-0.4, -0.2) is 77.1 Å². The number of carbonyl (C=O) groups excluding carboxylic acids is 1. The summed E-state index contributed by atoms with van der Waals surface area (Å²) in [6.45, 7) is 3.17. The van der Waals surface area contributed by atoms with Gasteiger partial charge in [0.15, 0.2) is 5.17 Å². The SMILES string of the molecule is COC[C@@H]1CC(N(C)C2=NC(=O)/C(=C/c3ccc4c(cnn4Cc4ccc(C)cc4C(F)(F)F)c3)S2)CN1C. The van der Waals surface area contributed by atoms with E-state index in [0.717, 1.165) is 30.0 Å². The van der Waals surface area contributed by atoms with Gasteiger partial charge in [-0.05, 0) is 67.6 Å². The Hall–Kier alpha value is -3.15. The zero-order valence-corrected chi connectivity index (χ0v) is 23.0. The van der Waals surface area contributed by atoms with Crippen molar-refractivity contribution < 1.29 is 22.7 Å². The fourth-order valence-corrected chi connectivity index (χ4v) is 6.10. The summed E-state index contributed by atoms with van der Waals surface area (Å²) in [5.41, 5.74) is 1.57. The van der Waals surface area contributed by atoms with Crippen molar-refractivity contribution in [3.8, 4) is 0 Å². The zero-order valence-electron chi connectivity index (χ0n) is 22.2. The summed E-state index contributed by atoms with van der Waals surface area (Å²) in [6.07, 6.45) is -0.0830. The van der Waals surface area contributed by atoms with Crippen LogP contribution in [0, 0.1) is 6.92 Å². The van der Waals surface area contributed by atoms with Crippen molar-refractivity contribution >= 4 is 39.8 Å². The first kappa shape index (κ1) is 27.4. The van der Waals surface area contributed by atoms with E-state index < -0.39 is 11.7 Å². The van der Waals surface area contributed by atoms with Crippen LogP contribution in [0.1, 0.15) is 28.7 Å². The van der Waals surface area contributed by atoms with Crippen LogP contribution in [0.2, 0.25) is 0 Å². The molecule has 0 saturated carbocycles. The minimum absolute atomic E-state index is 0.00146. The molecular formula is C28H30F3N5O2S. The third kappa shape index (κ3) is 5.75. The summed E-state index contributed by atoms with van der Waals surface area (Å²) in [6, 6.07) is 10.4. The Balaban J connectivity index is 1.31. The van der Waals surface area contributed by atoms with Gasteiger partial charge >= 0.3 is 6.18 Å². The number of nitrogens with zero attached hydrogens (tertiary/aromatic N) is 5. The fraction of sp³-hybridized carbons (Fsp3) is 0.393. The van der Waals surface area contributed by atoms with Crippen molar-refractivity contribution in [3.63, 3.8) is 0 Å². The van der Waals surface area contributed by atoms with Gasteiger partial charge in [-0.3, -0.25) is 14.4 Å². The highest BCUT2D eigenvalue weighted by atomic mass is 32.2. The molecule has 0 radical (unpaired) electrons. The monoisotopic (exact) mass is 557 g/mol. The lowest BCUT2D eigenvalue weighted by atomic mass is 10.0. The van der Waals surface area contributed by atoms with Gasteiger partial charge in [0.05, 0.1) is 35.3 Å². The third-order valence-corrected chi connectivity index (χ3v) is 8.41. The topological polar surface area (TPSA) is 63.0 Å². The zero-order chi connectivity index (χ0) is 27.9. The van der Waals surface area contributed by atoms with Crippen LogP contribution in [0.25, 0.3) is 17.0 Å². The van der Waals surface area contributed by atoms with Crippen molar-refractivity contribution in [2.75, 3.05) is 34.4 Å². The molecule has 206 valence electrons. The molecule has 0 N–H and O–H groups in total. The number of benzene rings is 2. The molecule has 1 saturated heterocycles. The van der Waals surface area contributed by atoms with Crippen molar-refractivity contribution in [2.24, 2.45) is 4.99 Å². The number of ether oxygens (including phenoxy) is 1. The maximum Gasteiger partial charge on any atom is 0.416 e. The number of aromatic nitrogens is 2.